The van der Waals surface area contributed by atoms with E-state index in [2.05, 4.69) is 25.4 Å². The van der Waals surface area contributed by atoms with Crippen LogP contribution in [-0.4, -0.2) is 45.7 Å². The molecule has 2 aromatic heterocycles. The van der Waals surface area contributed by atoms with Gasteiger partial charge in [0, 0.05) is 12.1 Å². The zero-order valence-corrected chi connectivity index (χ0v) is 15.4. The number of piperidine rings is 1. The third-order valence-corrected chi connectivity index (χ3v) is 5.02. The number of amides is 1. The summed E-state index contributed by atoms with van der Waals surface area (Å²) >= 11 is 1.49. The first-order valence-electron chi connectivity index (χ1n) is 8.55. The monoisotopic (exact) mass is 361 g/mol. The summed E-state index contributed by atoms with van der Waals surface area (Å²) < 4.78 is 5.36. The van der Waals surface area contributed by atoms with Gasteiger partial charge in [-0.25, -0.2) is 4.98 Å². The molecule has 1 N–H and O–H groups in total. The lowest BCUT2D eigenvalue weighted by Gasteiger charge is -2.30. The number of likely N-dealkylation sites (tertiary alicyclic amines) is 1. The Morgan fingerprint density at radius 3 is 2.92 bits per heavy atom. The van der Waals surface area contributed by atoms with Crippen LogP contribution in [0.5, 0.6) is 5.19 Å². The van der Waals surface area contributed by atoms with Gasteiger partial charge in [0.25, 0.3) is 5.19 Å². The van der Waals surface area contributed by atoms with E-state index in [1.165, 1.54) is 11.3 Å². The molecule has 1 fully saturated rings. The summed E-state index contributed by atoms with van der Waals surface area (Å²) in [7, 11) is 0. The minimum Gasteiger partial charge on any atom is -0.469 e. The Balaban J connectivity index is 1.46. The van der Waals surface area contributed by atoms with Crippen LogP contribution in [-0.2, 0) is 11.3 Å². The average molecular weight is 361 g/mol. The molecule has 0 aromatic carbocycles. The van der Waals surface area contributed by atoms with Crippen molar-refractivity contribution < 1.29 is 9.53 Å². The average Bonchev–Trinajstić information content (AvgIpc) is 3.03. The fourth-order valence-electron chi connectivity index (χ4n) is 2.86. The topological polar surface area (TPSA) is 80.2 Å². The number of hydrogen-bond acceptors (Lipinski definition) is 7. The van der Waals surface area contributed by atoms with E-state index in [1.807, 2.05) is 26.0 Å². The molecule has 0 aliphatic carbocycles. The van der Waals surface area contributed by atoms with Gasteiger partial charge in [-0.15, -0.1) is 10.2 Å². The van der Waals surface area contributed by atoms with Crippen molar-refractivity contribution in [2.45, 2.75) is 33.2 Å². The molecule has 2 aromatic rings. The maximum Gasteiger partial charge on any atom is 0.294 e. The summed E-state index contributed by atoms with van der Waals surface area (Å²) in [6, 6.07) is 3.80. The summed E-state index contributed by atoms with van der Waals surface area (Å²) in [6.45, 7) is 7.04. The molecule has 1 aliphatic heterocycles. The number of rotatable bonds is 6. The lowest BCUT2D eigenvalue weighted by molar-refractivity contribution is -0.121. The molecular formula is C17H23N5O2S. The molecule has 0 bridgehead atoms. The number of nitrogens with zero attached hydrogens (tertiary/aromatic N) is 4. The van der Waals surface area contributed by atoms with Crippen LogP contribution in [0.2, 0.25) is 0 Å². The Morgan fingerprint density at radius 1 is 1.40 bits per heavy atom. The Kier molecular flexibility index (Phi) is 5.93. The van der Waals surface area contributed by atoms with Gasteiger partial charge < -0.3 is 10.1 Å². The van der Waals surface area contributed by atoms with Crippen molar-refractivity contribution >= 4 is 23.1 Å². The Labute approximate surface area is 151 Å². The normalized spacial score (nSPS) is 15.9. The minimum atomic E-state index is 0.0342. The molecule has 3 heterocycles. The van der Waals surface area contributed by atoms with Gasteiger partial charge in [-0.1, -0.05) is 11.3 Å². The third-order valence-electron chi connectivity index (χ3n) is 4.20. The molecule has 1 saturated heterocycles. The molecule has 0 unspecified atom stereocenters. The lowest BCUT2D eigenvalue weighted by atomic mass is 9.96. The van der Waals surface area contributed by atoms with E-state index in [4.69, 9.17) is 4.74 Å². The van der Waals surface area contributed by atoms with E-state index in [9.17, 15) is 4.79 Å². The smallest absolute Gasteiger partial charge is 0.294 e. The first-order chi connectivity index (χ1) is 12.1. The number of hydrogen-bond donors (Lipinski definition) is 1. The summed E-state index contributed by atoms with van der Waals surface area (Å²) in [5.41, 5.74) is 1.09. The van der Waals surface area contributed by atoms with Crippen molar-refractivity contribution in [3.8, 4) is 5.19 Å². The quantitative estimate of drug-likeness (QED) is 0.851. The van der Waals surface area contributed by atoms with E-state index >= 15 is 0 Å². The highest BCUT2D eigenvalue weighted by Gasteiger charge is 2.26. The van der Waals surface area contributed by atoms with Gasteiger partial charge in [-0.3, -0.25) is 9.69 Å². The predicted molar refractivity (Wildman–Crippen MR) is 96.7 cm³/mol. The summed E-state index contributed by atoms with van der Waals surface area (Å²) in [5, 5.41) is 12.7. The number of anilines is 1. The van der Waals surface area contributed by atoms with Crippen molar-refractivity contribution in [2.75, 3.05) is 25.0 Å². The summed E-state index contributed by atoms with van der Waals surface area (Å²) in [5.74, 6) is 0.726. The van der Waals surface area contributed by atoms with Crippen LogP contribution >= 0.6 is 11.3 Å². The highest BCUT2D eigenvalue weighted by Crippen LogP contribution is 2.23. The molecule has 25 heavy (non-hydrogen) atoms. The van der Waals surface area contributed by atoms with Crippen molar-refractivity contribution in [1.82, 2.24) is 20.1 Å². The number of aryl methyl sites for hydroxylation is 1. The number of ether oxygens (including phenoxy) is 1. The van der Waals surface area contributed by atoms with Gasteiger partial charge in [-0.05, 0) is 57.5 Å². The minimum absolute atomic E-state index is 0.0342. The van der Waals surface area contributed by atoms with Crippen molar-refractivity contribution in [3.05, 3.63) is 28.9 Å². The zero-order valence-electron chi connectivity index (χ0n) is 14.6. The van der Waals surface area contributed by atoms with Crippen LogP contribution in [0.4, 0.5) is 5.82 Å². The van der Waals surface area contributed by atoms with Gasteiger partial charge >= 0.3 is 0 Å². The predicted octanol–water partition coefficient (Wildman–Crippen LogP) is 2.49. The Morgan fingerprint density at radius 2 is 2.20 bits per heavy atom. The summed E-state index contributed by atoms with van der Waals surface area (Å²) in [4.78, 5) is 18.9. The molecule has 3 rings (SSSR count). The molecule has 8 heteroatoms. The molecule has 1 amide bonds. The second-order valence-corrected chi connectivity index (χ2v) is 7.18. The number of pyridine rings is 1. The first kappa shape index (κ1) is 17.8. The molecule has 7 nitrogen and oxygen atoms in total. The van der Waals surface area contributed by atoms with Gasteiger partial charge in [0.2, 0.25) is 5.91 Å². The van der Waals surface area contributed by atoms with E-state index < -0.39 is 0 Å². The van der Waals surface area contributed by atoms with E-state index in [0.717, 1.165) is 43.0 Å². The largest absolute Gasteiger partial charge is 0.469 e. The third kappa shape index (κ3) is 4.96. The maximum absolute atomic E-state index is 12.4. The second-order valence-electron chi connectivity index (χ2n) is 6.15. The molecule has 134 valence electrons. The number of carbonyl (C=O) groups is 1. The van der Waals surface area contributed by atoms with Crippen molar-refractivity contribution in [3.63, 3.8) is 0 Å². The van der Waals surface area contributed by atoms with E-state index in [0.29, 0.717) is 17.6 Å². The molecule has 0 saturated carbocycles. The number of carbonyl (C=O) groups excluding carboxylic acids is 1. The summed E-state index contributed by atoms with van der Waals surface area (Å²) in [6.07, 6.45) is 3.40. The first-order valence-corrected chi connectivity index (χ1v) is 9.36. The number of nitrogens with one attached hydrogen (secondary N) is 1. The lowest BCUT2D eigenvalue weighted by Crippen LogP contribution is -2.37. The van der Waals surface area contributed by atoms with Gasteiger partial charge in [0.15, 0.2) is 0 Å². The maximum atomic E-state index is 12.4. The number of aromatic nitrogens is 3. The van der Waals surface area contributed by atoms with Crippen molar-refractivity contribution in [2.24, 2.45) is 5.92 Å². The Hall–Kier alpha value is -2.06. The standard InChI is InChI=1S/C17H23N5O2S/c1-3-24-17-21-20-15(25-17)11-22-8-5-13(6-9-22)16(23)19-14-10-12(2)4-7-18-14/h4,7,10,13H,3,5-6,8-9,11H2,1-2H3,(H,18,19,23). The van der Waals surface area contributed by atoms with Crippen LogP contribution in [0.25, 0.3) is 0 Å². The van der Waals surface area contributed by atoms with Crippen molar-refractivity contribution in [1.29, 1.82) is 0 Å². The Bertz CT molecular complexity index is 713. The fraction of sp³-hybridized carbons (Fsp3) is 0.529. The molecule has 1 aliphatic rings. The van der Waals surface area contributed by atoms with Crippen LogP contribution in [0.3, 0.4) is 0 Å². The van der Waals surface area contributed by atoms with Gasteiger partial charge in [-0.2, -0.15) is 0 Å². The molecule has 0 atom stereocenters. The van der Waals surface area contributed by atoms with E-state index in [1.54, 1.807) is 6.20 Å². The zero-order chi connectivity index (χ0) is 17.6. The van der Waals surface area contributed by atoms with Crippen LogP contribution in [0, 0.1) is 12.8 Å². The van der Waals surface area contributed by atoms with Crippen LogP contribution in [0.1, 0.15) is 30.3 Å². The van der Waals surface area contributed by atoms with Crippen LogP contribution < -0.4 is 10.1 Å². The highest BCUT2D eigenvalue weighted by molar-refractivity contribution is 7.13. The molecular weight excluding hydrogens is 338 g/mol. The fourth-order valence-corrected chi connectivity index (χ4v) is 3.65. The van der Waals surface area contributed by atoms with E-state index in [-0.39, 0.29) is 11.8 Å². The SMILES string of the molecule is CCOc1nnc(CN2CCC(C(=O)Nc3cc(C)ccn3)CC2)s1. The van der Waals surface area contributed by atoms with Gasteiger partial charge in [0.05, 0.1) is 13.2 Å². The molecule has 0 spiro atoms. The second kappa shape index (κ2) is 8.35. The molecule has 0 radical (unpaired) electrons. The van der Waals surface area contributed by atoms with Crippen LogP contribution in [0.15, 0.2) is 18.3 Å². The highest BCUT2D eigenvalue weighted by atomic mass is 32.1. The van der Waals surface area contributed by atoms with Gasteiger partial charge in [0.1, 0.15) is 10.8 Å².